The van der Waals surface area contributed by atoms with E-state index in [0.29, 0.717) is 25.5 Å². The van der Waals surface area contributed by atoms with E-state index in [1.807, 2.05) is 28.8 Å². The third kappa shape index (κ3) is 5.56. The minimum atomic E-state index is -0.284. The van der Waals surface area contributed by atoms with Crippen molar-refractivity contribution in [3.63, 3.8) is 0 Å². The van der Waals surface area contributed by atoms with Crippen molar-refractivity contribution in [3.8, 4) is 22.8 Å². The summed E-state index contributed by atoms with van der Waals surface area (Å²) in [6.45, 7) is 0.984. The number of aromatic nitrogens is 2. The van der Waals surface area contributed by atoms with Crippen molar-refractivity contribution in [2.75, 3.05) is 27.6 Å². The third-order valence-electron chi connectivity index (χ3n) is 4.12. The molecule has 0 atom stereocenters. The van der Waals surface area contributed by atoms with Crippen molar-refractivity contribution in [3.05, 3.63) is 64.8 Å². The van der Waals surface area contributed by atoms with Crippen molar-refractivity contribution in [1.29, 1.82) is 0 Å². The molecule has 0 radical (unpaired) electrons. The lowest BCUT2D eigenvalue weighted by Gasteiger charge is -2.10. The summed E-state index contributed by atoms with van der Waals surface area (Å²) in [5, 5.41) is 0. The van der Waals surface area contributed by atoms with Crippen LogP contribution < -0.4 is 9.47 Å². The number of benzene rings is 2. The Labute approximate surface area is 177 Å². The van der Waals surface area contributed by atoms with E-state index in [1.54, 1.807) is 26.4 Å². The molecule has 0 aliphatic carbocycles. The summed E-state index contributed by atoms with van der Waals surface area (Å²) >= 11 is 3.59. The SMILES string of the molecule is COCOc1ccc(OCCc2nc(-c3ccc(F)cc3)c(Br)n2COC)cc1. The first-order valence-electron chi connectivity index (χ1n) is 8.96. The van der Waals surface area contributed by atoms with Crippen LogP contribution in [0, 0.1) is 5.82 Å². The van der Waals surface area contributed by atoms with Gasteiger partial charge < -0.3 is 18.9 Å². The number of methoxy groups -OCH3 is 2. The Morgan fingerprint density at radius 3 is 2.21 bits per heavy atom. The zero-order valence-corrected chi connectivity index (χ0v) is 17.8. The monoisotopic (exact) mass is 464 g/mol. The van der Waals surface area contributed by atoms with Gasteiger partial charge in [-0.15, -0.1) is 0 Å². The van der Waals surface area contributed by atoms with Crippen molar-refractivity contribution in [2.45, 2.75) is 13.2 Å². The van der Waals surface area contributed by atoms with E-state index in [9.17, 15) is 4.39 Å². The van der Waals surface area contributed by atoms with Crippen LogP contribution in [-0.2, 0) is 22.6 Å². The number of imidazole rings is 1. The van der Waals surface area contributed by atoms with E-state index in [0.717, 1.165) is 27.4 Å². The van der Waals surface area contributed by atoms with Gasteiger partial charge in [0.25, 0.3) is 0 Å². The maximum absolute atomic E-state index is 13.2. The number of hydrogen-bond donors (Lipinski definition) is 0. The first-order valence-corrected chi connectivity index (χ1v) is 9.76. The molecule has 0 spiro atoms. The minimum absolute atomic E-state index is 0.202. The predicted octanol–water partition coefficient (Wildman–Crippen LogP) is 4.66. The van der Waals surface area contributed by atoms with Gasteiger partial charge in [-0.2, -0.15) is 0 Å². The summed E-state index contributed by atoms with van der Waals surface area (Å²) in [6.07, 6.45) is 0.574. The zero-order chi connectivity index (χ0) is 20.6. The Balaban J connectivity index is 1.68. The molecule has 0 saturated carbocycles. The first-order chi connectivity index (χ1) is 14.1. The van der Waals surface area contributed by atoms with E-state index in [-0.39, 0.29) is 12.6 Å². The molecule has 3 rings (SSSR count). The summed E-state index contributed by atoms with van der Waals surface area (Å²) in [6, 6.07) is 13.6. The predicted molar refractivity (Wildman–Crippen MR) is 110 cm³/mol. The van der Waals surface area contributed by atoms with Crippen molar-refractivity contribution >= 4 is 15.9 Å². The molecule has 6 nitrogen and oxygen atoms in total. The van der Waals surface area contributed by atoms with Gasteiger partial charge in [-0.25, -0.2) is 9.37 Å². The highest BCUT2D eigenvalue weighted by Gasteiger charge is 2.16. The van der Waals surface area contributed by atoms with E-state index in [4.69, 9.17) is 23.9 Å². The maximum atomic E-state index is 13.2. The Hall–Kier alpha value is -2.42. The van der Waals surface area contributed by atoms with Crippen molar-refractivity contribution < 1.29 is 23.3 Å². The van der Waals surface area contributed by atoms with Gasteiger partial charge in [0.05, 0.1) is 6.61 Å². The van der Waals surface area contributed by atoms with Crippen LogP contribution in [-0.4, -0.2) is 37.2 Å². The molecule has 0 aliphatic heterocycles. The Bertz CT molecular complexity index is 914. The number of hydrogen-bond acceptors (Lipinski definition) is 5. The molecule has 154 valence electrons. The molecule has 0 fully saturated rings. The number of nitrogens with zero attached hydrogens (tertiary/aromatic N) is 2. The average molecular weight is 465 g/mol. The zero-order valence-electron chi connectivity index (χ0n) is 16.2. The molecular weight excluding hydrogens is 443 g/mol. The number of rotatable bonds is 10. The van der Waals surface area contributed by atoms with Crippen LogP contribution in [0.3, 0.4) is 0 Å². The van der Waals surface area contributed by atoms with Crippen molar-refractivity contribution in [1.82, 2.24) is 9.55 Å². The first kappa shape index (κ1) is 21.3. The van der Waals surface area contributed by atoms with Crippen LogP contribution in [0.15, 0.2) is 53.1 Å². The highest BCUT2D eigenvalue weighted by atomic mass is 79.9. The molecule has 1 aromatic heterocycles. The van der Waals surface area contributed by atoms with Gasteiger partial charge in [-0.05, 0) is 64.5 Å². The van der Waals surface area contributed by atoms with Crippen molar-refractivity contribution in [2.24, 2.45) is 0 Å². The largest absolute Gasteiger partial charge is 0.493 e. The van der Waals surface area contributed by atoms with Gasteiger partial charge in [-0.3, -0.25) is 4.57 Å². The lowest BCUT2D eigenvalue weighted by molar-refractivity contribution is 0.0511. The highest BCUT2D eigenvalue weighted by Crippen LogP contribution is 2.29. The van der Waals surface area contributed by atoms with E-state index in [2.05, 4.69) is 15.9 Å². The van der Waals surface area contributed by atoms with Crippen LogP contribution in [0.1, 0.15) is 5.82 Å². The molecule has 1 heterocycles. The Morgan fingerprint density at radius 2 is 1.59 bits per heavy atom. The molecular formula is C21H22BrFN2O4. The summed E-state index contributed by atoms with van der Waals surface area (Å²) in [5.74, 6) is 1.96. The molecule has 0 amide bonds. The molecule has 29 heavy (non-hydrogen) atoms. The second-order valence-electron chi connectivity index (χ2n) is 6.14. The normalized spacial score (nSPS) is 10.9. The van der Waals surface area contributed by atoms with Gasteiger partial charge >= 0.3 is 0 Å². The number of ether oxygens (including phenoxy) is 4. The smallest absolute Gasteiger partial charge is 0.188 e. The third-order valence-corrected chi connectivity index (χ3v) is 4.93. The summed E-state index contributed by atoms with van der Waals surface area (Å²) in [7, 11) is 3.20. The van der Waals surface area contributed by atoms with Crippen LogP contribution in [0.4, 0.5) is 4.39 Å². The molecule has 0 unspecified atom stereocenters. The fraction of sp³-hybridized carbons (Fsp3) is 0.286. The summed E-state index contributed by atoms with van der Waals surface area (Å²) in [5.41, 5.74) is 1.55. The standard InChI is InChI=1S/C21H22BrFN2O4/c1-26-13-25-19(24-20(21(25)22)15-3-5-16(23)6-4-15)11-12-28-17-7-9-18(10-8-17)29-14-27-2/h3-10H,11-14H2,1-2H3. The Morgan fingerprint density at radius 1 is 0.931 bits per heavy atom. The van der Waals surface area contributed by atoms with Gasteiger partial charge in [-0.1, -0.05) is 0 Å². The minimum Gasteiger partial charge on any atom is -0.493 e. The number of halogens is 2. The molecule has 2 aromatic carbocycles. The summed E-state index contributed by atoms with van der Waals surface area (Å²) < 4.78 is 37.3. The molecule has 0 bridgehead atoms. The summed E-state index contributed by atoms with van der Waals surface area (Å²) in [4.78, 5) is 4.71. The molecule has 0 saturated heterocycles. The highest BCUT2D eigenvalue weighted by molar-refractivity contribution is 9.10. The second kappa shape index (κ2) is 10.4. The average Bonchev–Trinajstić information content (AvgIpc) is 3.04. The maximum Gasteiger partial charge on any atom is 0.188 e. The van der Waals surface area contributed by atoms with E-state index < -0.39 is 0 Å². The molecule has 8 heteroatoms. The molecule has 0 aliphatic rings. The van der Waals surface area contributed by atoms with Crippen LogP contribution >= 0.6 is 15.9 Å². The van der Waals surface area contributed by atoms with Crippen LogP contribution in [0.25, 0.3) is 11.3 Å². The van der Waals surface area contributed by atoms with Crippen LogP contribution in [0.2, 0.25) is 0 Å². The lowest BCUT2D eigenvalue weighted by Crippen LogP contribution is -2.10. The van der Waals surface area contributed by atoms with E-state index in [1.165, 1.54) is 12.1 Å². The van der Waals surface area contributed by atoms with Gasteiger partial charge in [0, 0.05) is 26.2 Å². The van der Waals surface area contributed by atoms with Gasteiger partial charge in [0.2, 0.25) is 0 Å². The molecule has 0 N–H and O–H groups in total. The van der Waals surface area contributed by atoms with Gasteiger partial charge in [0.1, 0.15) is 40.2 Å². The second-order valence-corrected chi connectivity index (χ2v) is 6.89. The lowest BCUT2D eigenvalue weighted by atomic mass is 10.2. The van der Waals surface area contributed by atoms with E-state index >= 15 is 0 Å². The molecule has 3 aromatic rings. The fourth-order valence-electron chi connectivity index (χ4n) is 2.74. The van der Waals surface area contributed by atoms with Crippen LogP contribution in [0.5, 0.6) is 11.5 Å². The topological polar surface area (TPSA) is 54.7 Å². The fourth-order valence-corrected chi connectivity index (χ4v) is 3.36. The quantitative estimate of drug-likeness (QED) is 0.408. The van der Waals surface area contributed by atoms with Gasteiger partial charge in [0.15, 0.2) is 6.79 Å². The Kier molecular flexibility index (Phi) is 7.62.